The summed E-state index contributed by atoms with van der Waals surface area (Å²) in [5.74, 6) is -0.511. The minimum atomic E-state index is -3.02. The topological polar surface area (TPSA) is 64.4 Å². The molecular weight excluding hydrogens is 337 g/mol. The number of alkyl halides is 2. The molecule has 0 spiro atoms. The van der Waals surface area contributed by atoms with E-state index in [1.807, 2.05) is 0 Å². The Hall–Kier alpha value is -1.11. The molecule has 0 saturated heterocycles. The van der Waals surface area contributed by atoms with Gasteiger partial charge in [0.05, 0.1) is 10.6 Å². The van der Waals surface area contributed by atoms with Crippen molar-refractivity contribution in [2.45, 2.75) is 44.4 Å². The Morgan fingerprint density at radius 1 is 1.36 bits per heavy atom. The molecule has 1 aliphatic rings. The standard InChI is InChI=1S/C14H16Cl2F2N2O2/c15-9-5-8(11(10(16)6-9)22-13(17)18)7-20-12(21)14(19)3-1-2-4-14/h5-6,13H,1-4,7,19H2,(H,20,21). The molecule has 1 aromatic carbocycles. The van der Waals surface area contributed by atoms with Gasteiger partial charge in [-0.15, -0.1) is 0 Å². The highest BCUT2D eigenvalue weighted by Gasteiger charge is 2.36. The SMILES string of the molecule is NC1(C(=O)NCc2cc(Cl)cc(Cl)c2OC(F)F)CCCC1. The molecule has 1 aliphatic carbocycles. The zero-order valence-corrected chi connectivity index (χ0v) is 13.2. The molecule has 1 aromatic rings. The van der Waals surface area contributed by atoms with Gasteiger partial charge >= 0.3 is 6.61 Å². The number of nitrogens with one attached hydrogen (secondary N) is 1. The Labute approximate surface area is 136 Å². The zero-order chi connectivity index (χ0) is 16.3. The summed E-state index contributed by atoms with van der Waals surface area (Å²) in [6.07, 6.45) is 3.00. The average Bonchev–Trinajstić information content (AvgIpc) is 2.87. The lowest BCUT2D eigenvalue weighted by atomic mass is 9.98. The molecule has 0 aliphatic heterocycles. The Morgan fingerprint density at radius 2 is 2.00 bits per heavy atom. The average molecular weight is 353 g/mol. The second-order valence-corrected chi connectivity index (χ2v) is 6.14. The van der Waals surface area contributed by atoms with Crippen LogP contribution < -0.4 is 15.8 Å². The number of halogens is 4. The van der Waals surface area contributed by atoms with E-state index < -0.39 is 12.2 Å². The van der Waals surface area contributed by atoms with Crippen LogP contribution in [0.4, 0.5) is 8.78 Å². The largest absolute Gasteiger partial charge is 0.433 e. The summed E-state index contributed by atoms with van der Waals surface area (Å²) in [4.78, 5) is 12.2. The van der Waals surface area contributed by atoms with Gasteiger partial charge in [0.25, 0.3) is 0 Å². The maximum atomic E-state index is 12.5. The fourth-order valence-electron chi connectivity index (χ4n) is 2.55. The van der Waals surface area contributed by atoms with Crippen molar-refractivity contribution in [2.75, 3.05) is 0 Å². The lowest BCUT2D eigenvalue weighted by molar-refractivity contribution is -0.126. The number of ether oxygens (including phenoxy) is 1. The van der Waals surface area contributed by atoms with E-state index in [1.165, 1.54) is 12.1 Å². The molecule has 8 heteroatoms. The Morgan fingerprint density at radius 3 is 2.59 bits per heavy atom. The predicted octanol–water partition coefficient (Wildman–Crippen LogP) is 3.48. The lowest BCUT2D eigenvalue weighted by Gasteiger charge is -2.23. The van der Waals surface area contributed by atoms with Crippen LogP contribution in [0, 0.1) is 0 Å². The summed E-state index contributed by atoms with van der Waals surface area (Å²) < 4.78 is 29.3. The third-order valence-electron chi connectivity index (χ3n) is 3.68. The first-order valence-corrected chi connectivity index (χ1v) is 7.57. The van der Waals surface area contributed by atoms with E-state index in [2.05, 4.69) is 10.1 Å². The highest BCUT2D eigenvalue weighted by Crippen LogP contribution is 2.34. The summed E-state index contributed by atoms with van der Waals surface area (Å²) in [6.45, 7) is -3.07. The van der Waals surface area contributed by atoms with E-state index in [4.69, 9.17) is 28.9 Å². The van der Waals surface area contributed by atoms with Crippen molar-refractivity contribution < 1.29 is 18.3 Å². The summed E-state index contributed by atoms with van der Waals surface area (Å²) in [5, 5.41) is 2.87. The number of hydrogen-bond donors (Lipinski definition) is 2. The quantitative estimate of drug-likeness (QED) is 0.852. The van der Waals surface area contributed by atoms with E-state index in [9.17, 15) is 13.6 Å². The van der Waals surface area contributed by atoms with Crippen molar-refractivity contribution in [3.8, 4) is 5.75 Å². The summed E-state index contributed by atoms with van der Waals surface area (Å²) in [5.41, 5.74) is 5.40. The molecule has 0 atom stereocenters. The normalized spacial score (nSPS) is 16.8. The van der Waals surface area contributed by atoms with Crippen molar-refractivity contribution in [1.82, 2.24) is 5.32 Å². The van der Waals surface area contributed by atoms with Gasteiger partial charge in [-0.1, -0.05) is 36.0 Å². The number of carbonyl (C=O) groups is 1. The van der Waals surface area contributed by atoms with Crippen LogP contribution >= 0.6 is 23.2 Å². The molecule has 2 rings (SSSR count). The first-order valence-electron chi connectivity index (χ1n) is 6.82. The fraction of sp³-hybridized carbons (Fsp3) is 0.500. The van der Waals surface area contributed by atoms with Gasteiger partial charge in [-0.3, -0.25) is 4.79 Å². The Balaban J connectivity index is 2.13. The van der Waals surface area contributed by atoms with Crippen molar-refractivity contribution in [3.63, 3.8) is 0 Å². The van der Waals surface area contributed by atoms with Gasteiger partial charge in [0, 0.05) is 17.1 Å². The second kappa shape index (κ2) is 6.98. The van der Waals surface area contributed by atoms with Gasteiger partial charge in [0.1, 0.15) is 5.75 Å². The minimum absolute atomic E-state index is 0.0413. The van der Waals surface area contributed by atoms with E-state index in [0.29, 0.717) is 12.8 Å². The monoisotopic (exact) mass is 352 g/mol. The second-order valence-electron chi connectivity index (χ2n) is 5.30. The molecule has 1 amide bonds. The summed E-state index contributed by atoms with van der Waals surface area (Å²) in [6, 6.07) is 2.72. The molecule has 1 saturated carbocycles. The number of rotatable bonds is 5. The van der Waals surface area contributed by atoms with E-state index in [-0.39, 0.29) is 33.8 Å². The van der Waals surface area contributed by atoms with Crippen LogP contribution in [0.2, 0.25) is 10.0 Å². The molecule has 0 unspecified atom stereocenters. The minimum Gasteiger partial charge on any atom is -0.433 e. The number of hydrogen-bond acceptors (Lipinski definition) is 3. The van der Waals surface area contributed by atoms with Gasteiger partial charge in [0.2, 0.25) is 5.91 Å². The van der Waals surface area contributed by atoms with Crippen molar-refractivity contribution >= 4 is 29.1 Å². The molecule has 1 fully saturated rings. The van der Waals surface area contributed by atoms with Crippen LogP contribution in [0.25, 0.3) is 0 Å². The first kappa shape index (κ1) is 17.2. The van der Waals surface area contributed by atoms with Crippen molar-refractivity contribution in [3.05, 3.63) is 27.7 Å². The third-order valence-corrected chi connectivity index (χ3v) is 4.18. The molecular formula is C14H16Cl2F2N2O2. The van der Waals surface area contributed by atoms with Gasteiger partial charge < -0.3 is 15.8 Å². The van der Waals surface area contributed by atoms with E-state index in [0.717, 1.165) is 12.8 Å². The van der Waals surface area contributed by atoms with Crippen LogP contribution in [0.15, 0.2) is 12.1 Å². The lowest BCUT2D eigenvalue weighted by Crippen LogP contribution is -2.51. The van der Waals surface area contributed by atoms with E-state index >= 15 is 0 Å². The molecule has 0 bridgehead atoms. The van der Waals surface area contributed by atoms with Crippen LogP contribution in [-0.2, 0) is 11.3 Å². The van der Waals surface area contributed by atoms with Gasteiger partial charge in [-0.2, -0.15) is 8.78 Å². The molecule has 122 valence electrons. The van der Waals surface area contributed by atoms with E-state index in [1.54, 1.807) is 0 Å². The smallest absolute Gasteiger partial charge is 0.387 e. The number of amides is 1. The molecule has 22 heavy (non-hydrogen) atoms. The van der Waals surface area contributed by atoms with Crippen LogP contribution in [0.3, 0.4) is 0 Å². The predicted molar refractivity (Wildman–Crippen MR) is 80.3 cm³/mol. The molecule has 0 aromatic heterocycles. The molecule has 4 nitrogen and oxygen atoms in total. The first-order chi connectivity index (χ1) is 10.3. The third kappa shape index (κ3) is 4.00. The molecule has 3 N–H and O–H groups in total. The zero-order valence-electron chi connectivity index (χ0n) is 11.7. The van der Waals surface area contributed by atoms with Gasteiger partial charge in [0.15, 0.2) is 0 Å². The van der Waals surface area contributed by atoms with Gasteiger partial charge in [-0.05, 0) is 25.0 Å². The Kier molecular flexibility index (Phi) is 5.47. The number of benzene rings is 1. The summed E-state index contributed by atoms with van der Waals surface area (Å²) in [7, 11) is 0. The number of carbonyl (C=O) groups excluding carboxylic acids is 1. The maximum Gasteiger partial charge on any atom is 0.387 e. The number of nitrogens with two attached hydrogens (primary N) is 1. The highest BCUT2D eigenvalue weighted by atomic mass is 35.5. The van der Waals surface area contributed by atoms with Gasteiger partial charge in [-0.25, -0.2) is 0 Å². The van der Waals surface area contributed by atoms with Crippen LogP contribution in [0.5, 0.6) is 5.75 Å². The fourth-order valence-corrected chi connectivity index (χ4v) is 3.13. The maximum absolute atomic E-state index is 12.5. The van der Waals surface area contributed by atoms with Crippen molar-refractivity contribution in [1.29, 1.82) is 0 Å². The summed E-state index contributed by atoms with van der Waals surface area (Å²) >= 11 is 11.7. The van der Waals surface area contributed by atoms with Crippen LogP contribution in [-0.4, -0.2) is 18.1 Å². The highest BCUT2D eigenvalue weighted by molar-refractivity contribution is 6.35. The van der Waals surface area contributed by atoms with Crippen molar-refractivity contribution in [2.24, 2.45) is 5.73 Å². The Bertz CT molecular complexity index is 564. The van der Waals surface area contributed by atoms with Crippen LogP contribution in [0.1, 0.15) is 31.2 Å². The molecule has 0 radical (unpaired) electrons. The molecule has 0 heterocycles.